The first kappa shape index (κ1) is 16.5. The van der Waals surface area contributed by atoms with E-state index in [9.17, 15) is 0 Å². The zero-order valence-electron chi connectivity index (χ0n) is 14.3. The largest absolute Gasteiger partial charge is 0.493 e. The van der Waals surface area contributed by atoms with E-state index in [1.165, 1.54) is 11.3 Å². The van der Waals surface area contributed by atoms with Gasteiger partial charge in [0.2, 0.25) is 4.96 Å². The molecule has 0 bridgehead atoms. The van der Waals surface area contributed by atoms with Crippen molar-refractivity contribution >= 4 is 16.3 Å². The van der Waals surface area contributed by atoms with Crippen molar-refractivity contribution in [2.45, 2.75) is 6.04 Å². The number of pyridine rings is 1. The van der Waals surface area contributed by atoms with Crippen LogP contribution in [0.25, 0.3) is 16.2 Å². The number of methoxy groups -OCH3 is 2. The van der Waals surface area contributed by atoms with E-state index in [-0.39, 0.29) is 6.04 Å². The third-order valence-electron chi connectivity index (χ3n) is 4.11. The molecule has 7 nitrogen and oxygen atoms in total. The van der Waals surface area contributed by atoms with Crippen molar-refractivity contribution < 1.29 is 9.47 Å². The van der Waals surface area contributed by atoms with E-state index in [0.717, 1.165) is 26.8 Å². The molecule has 1 unspecified atom stereocenters. The predicted octanol–water partition coefficient (Wildman–Crippen LogP) is 2.92. The molecule has 0 aliphatic heterocycles. The first-order valence-corrected chi connectivity index (χ1v) is 8.75. The molecule has 1 aromatic carbocycles. The van der Waals surface area contributed by atoms with Gasteiger partial charge in [-0.1, -0.05) is 11.3 Å². The number of aromatic nitrogens is 4. The molecular weight excluding hydrogens is 350 g/mol. The van der Waals surface area contributed by atoms with Gasteiger partial charge in [-0.3, -0.25) is 4.98 Å². The van der Waals surface area contributed by atoms with Crippen molar-refractivity contribution in [3.8, 4) is 22.8 Å². The number of fused-ring (bicyclic) bond motifs is 1. The van der Waals surface area contributed by atoms with Crippen molar-refractivity contribution in [3.63, 3.8) is 0 Å². The van der Waals surface area contributed by atoms with Crippen LogP contribution >= 0.6 is 11.3 Å². The van der Waals surface area contributed by atoms with Crippen LogP contribution in [-0.2, 0) is 0 Å². The van der Waals surface area contributed by atoms with Crippen LogP contribution in [0.15, 0.2) is 48.9 Å². The van der Waals surface area contributed by atoms with Gasteiger partial charge in [-0.05, 0) is 35.9 Å². The number of benzene rings is 1. The van der Waals surface area contributed by atoms with E-state index < -0.39 is 0 Å². The Morgan fingerprint density at radius 1 is 1.08 bits per heavy atom. The molecule has 3 aromatic heterocycles. The van der Waals surface area contributed by atoms with Crippen molar-refractivity contribution in [2.24, 2.45) is 5.73 Å². The van der Waals surface area contributed by atoms with Gasteiger partial charge in [-0.25, -0.2) is 9.50 Å². The fourth-order valence-electron chi connectivity index (χ4n) is 2.74. The molecule has 4 aromatic rings. The number of ether oxygens (including phenoxy) is 2. The highest BCUT2D eigenvalue weighted by molar-refractivity contribution is 7.16. The van der Waals surface area contributed by atoms with Gasteiger partial charge in [0.1, 0.15) is 5.01 Å². The van der Waals surface area contributed by atoms with Crippen LogP contribution < -0.4 is 15.2 Å². The summed E-state index contributed by atoms with van der Waals surface area (Å²) in [5.74, 6) is 1.33. The van der Waals surface area contributed by atoms with Gasteiger partial charge in [-0.2, -0.15) is 5.10 Å². The van der Waals surface area contributed by atoms with Crippen LogP contribution in [0.2, 0.25) is 0 Å². The van der Waals surface area contributed by atoms with Crippen LogP contribution in [0.5, 0.6) is 11.5 Å². The average molecular weight is 367 g/mol. The molecule has 1 atom stereocenters. The van der Waals surface area contributed by atoms with Crippen LogP contribution in [-0.4, -0.2) is 33.8 Å². The van der Waals surface area contributed by atoms with Gasteiger partial charge in [-0.15, -0.1) is 0 Å². The number of imidazole rings is 1. The van der Waals surface area contributed by atoms with Gasteiger partial charge in [0.15, 0.2) is 11.5 Å². The summed E-state index contributed by atoms with van der Waals surface area (Å²) in [7, 11) is 3.23. The molecule has 0 radical (unpaired) electrons. The summed E-state index contributed by atoms with van der Waals surface area (Å²) in [6.07, 6.45) is 5.24. The van der Waals surface area contributed by atoms with Crippen LogP contribution in [0.3, 0.4) is 0 Å². The maximum atomic E-state index is 6.35. The Labute approximate surface area is 154 Å². The minimum absolute atomic E-state index is 0.317. The standard InChI is InChI=1S/C18H17N5O2S/c1-24-14-4-3-12(9-15(14)25-2)13-10-21-18-23(13)22-17(26-18)16(19)11-5-7-20-8-6-11/h3-10,16H,19H2,1-2H3. The highest BCUT2D eigenvalue weighted by atomic mass is 32.1. The lowest BCUT2D eigenvalue weighted by Gasteiger charge is -2.09. The van der Waals surface area contributed by atoms with Gasteiger partial charge in [0, 0.05) is 18.0 Å². The zero-order valence-corrected chi connectivity index (χ0v) is 15.1. The zero-order chi connectivity index (χ0) is 18.1. The summed E-state index contributed by atoms with van der Waals surface area (Å²) < 4.78 is 12.5. The maximum absolute atomic E-state index is 6.35. The predicted molar refractivity (Wildman–Crippen MR) is 99.7 cm³/mol. The molecule has 0 amide bonds. The summed E-state index contributed by atoms with van der Waals surface area (Å²) in [6.45, 7) is 0. The number of nitrogens with two attached hydrogens (primary N) is 1. The van der Waals surface area contributed by atoms with Crippen LogP contribution in [0.1, 0.15) is 16.6 Å². The number of rotatable bonds is 5. The molecule has 8 heteroatoms. The number of nitrogens with zero attached hydrogens (tertiary/aromatic N) is 4. The molecule has 26 heavy (non-hydrogen) atoms. The minimum atomic E-state index is -0.317. The van der Waals surface area contributed by atoms with E-state index in [1.54, 1.807) is 32.8 Å². The van der Waals surface area contributed by atoms with Gasteiger partial charge >= 0.3 is 0 Å². The molecule has 0 saturated heterocycles. The SMILES string of the molecule is COc1ccc(-c2cnc3sc(C(N)c4ccncc4)nn23)cc1OC. The molecule has 0 spiro atoms. The molecule has 0 fully saturated rings. The second kappa shape index (κ2) is 6.74. The van der Waals surface area contributed by atoms with Crippen molar-refractivity contribution in [1.82, 2.24) is 19.6 Å². The summed E-state index contributed by atoms with van der Waals surface area (Å²) in [4.78, 5) is 9.28. The first-order valence-electron chi connectivity index (χ1n) is 7.93. The van der Waals surface area contributed by atoms with Crippen molar-refractivity contribution in [2.75, 3.05) is 14.2 Å². The normalized spacial score (nSPS) is 12.3. The van der Waals surface area contributed by atoms with Gasteiger partial charge < -0.3 is 15.2 Å². The Balaban J connectivity index is 1.75. The molecular formula is C18H17N5O2S. The fraction of sp³-hybridized carbons (Fsp3) is 0.167. The van der Waals surface area contributed by atoms with Gasteiger partial charge in [0.05, 0.1) is 32.2 Å². The third-order valence-corrected chi connectivity index (χ3v) is 5.12. The Morgan fingerprint density at radius 3 is 2.58 bits per heavy atom. The summed E-state index contributed by atoms with van der Waals surface area (Å²) in [6, 6.07) is 9.19. The Kier molecular flexibility index (Phi) is 4.27. The Bertz CT molecular complexity index is 1040. The Hall–Kier alpha value is -2.97. The molecule has 3 heterocycles. The minimum Gasteiger partial charge on any atom is -0.493 e. The fourth-order valence-corrected chi connectivity index (χ4v) is 3.64. The first-order chi connectivity index (χ1) is 12.7. The maximum Gasteiger partial charge on any atom is 0.212 e. The molecule has 132 valence electrons. The monoisotopic (exact) mass is 367 g/mol. The lowest BCUT2D eigenvalue weighted by molar-refractivity contribution is 0.355. The quantitative estimate of drug-likeness (QED) is 0.583. The van der Waals surface area contributed by atoms with Gasteiger partial charge in [0.25, 0.3) is 0 Å². The third kappa shape index (κ3) is 2.79. The van der Waals surface area contributed by atoms with Crippen LogP contribution in [0, 0.1) is 0 Å². The molecule has 0 aliphatic carbocycles. The van der Waals surface area contributed by atoms with Crippen LogP contribution in [0.4, 0.5) is 0 Å². The van der Waals surface area contributed by atoms with E-state index in [2.05, 4.69) is 15.1 Å². The van der Waals surface area contributed by atoms with E-state index in [4.69, 9.17) is 15.2 Å². The Morgan fingerprint density at radius 2 is 1.85 bits per heavy atom. The summed E-state index contributed by atoms with van der Waals surface area (Å²) in [5.41, 5.74) is 9.12. The number of hydrogen-bond acceptors (Lipinski definition) is 7. The highest BCUT2D eigenvalue weighted by Gasteiger charge is 2.18. The number of hydrogen-bond donors (Lipinski definition) is 1. The molecule has 0 saturated carbocycles. The summed E-state index contributed by atoms with van der Waals surface area (Å²) >= 11 is 1.47. The second-order valence-corrected chi connectivity index (χ2v) is 6.59. The summed E-state index contributed by atoms with van der Waals surface area (Å²) in [5, 5.41) is 5.47. The van der Waals surface area contributed by atoms with E-state index in [0.29, 0.717) is 11.5 Å². The molecule has 4 rings (SSSR count). The van der Waals surface area contributed by atoms with E-state index >= 15 is 0 Å². The lowest BCUT2D eigenvalue weighted by Crippen LogP contribution is -2.12. The lowest BCUT2D eigenvalue weighted by atomic mass is 10.1. The van der Waals surface area contributed by atoms with E-state index in [1.807, 2.05) is 34.8 Å². The average Bonchev–Trinajstić information content (AvgIpc) is 3.28. The molecule has 2 N–H and O–H groups in total. The second-order valence-electron chi connectivity index (χ2n) is 5.61. The van der Waals surface area contributed by atoms with Crippen molar-refractivity contribution in [1.29, 1.82) is 0 Å². The molecule has 0 aliphatic rings. The highest BCUT2D eigenvalue weighted by Crippen LogP contribution is 2.33. The van der Waals surface area contributed by atoms with Crippen molar-refractivity contribution in [3.05, 3.63) is 59.5 Å². The smallest absolute Gasteiger partial charge is 0.212 e. The topological polar surface area (TPSA) is 87.6 Å².